The van der Waals surface area contributed by atoms with Gasteiger partial charge in [-0.15, -0.1) is 5.10 Å². The van der Waals surface area contributed by atoms with Crippen molar-refractivity contribution in [3.8, 4) is 22.7 Å². The van der Waals surface area contributed by atoms with Gasteiger partial charge in [-0.3, -0.25) is 10.2 Å². The summed E-state index contributed by atoms with van der Waals surface area (Å²) in [6.45, 7) is 11.0. The van der Waals surface area contributed by atoms with E-state index in [1.165, 1.54) is 0 Å². The van der Waals surface area contributed by atoms with Gasteiger partial charge in [0.05, 0.1) is 18.9 Å². The monoisotopic (exact) mass is 657 g/mol. The van der Waals surface area contributed by atoms with Gasteiger partial charge in [0, 0.05) is 42.4 Å². The summed E-state index contributed by atoms with van der Waals surface area (Å²) in [5, 5.41) is 18.2. The molecular weight excluding hydrogens is 625 g/mol. The Balaban J connectivity index is 1.16. The summed E-state index contributed by atoms with van der Waals surface area (Å²) >= 11 is 2.24. The summed E-state index contributed by atoms with van der Waals surface area (Å²) in [5.41, 5.74) is 2.96. The van der Waals surface area contributed by atoms with Crippen molar-refractivity contribution in [3.05, 3.63) is 64.1 Å². The van der Waals surface area contributed by atoms with Crippen molar-refractivity contribution in [1.82, 2.24) is 25.1 Å². The Kier molecular flexibility index (Phi) is 8.66. The third-order valence-corrected chi connectivity index (χ3v) is 7.35. The van der Waals surface area contributed by atoms with Crippen molar-refractivity contribution in [2.75, 3.05) is 50.1 Å². The molecule has 1 aliphatic heterocycles. The van der Waals surface area contributed by atoms with E-state index in [1.807, 2.05) is 69.3 Å². The number of urea groups is 1. The Morgan fingerprint density at radius 3 is 2.45 bits per heavy atom. The Labute approximate surface area is 246 Å². The molecule has 2 amide bonds. The van der Waals surface area contributed by atoms with Crippen LogP contribution in [0.2, 0.25) is 0 Å². The summed E-state index contributed by atoms with van der Waals surface area (Å²) < 4.78 is 19.3. The highest BCUT2D eigenvalue weighted by Crippen LogP contribution is 2.27. The largest absolute Gasteiger partial charge is 0.492 e. The SMILES string of the molecule is CC(C)(C)c1cc(NC(=O)Nc2ccc(-c3nnn(-c4ccc(OCCN5CCOCC5)cc4)c3I)cc2)no1. The molecule has 1 aliphatic rings. The number of halogens is 1. The molecule has 0 unspecified atom stereocenters. The van der Waals surface area contributed by atoms with E-state index in [0.717, 1.165) is 59.2 Å². The Bertz CT molecular complexity index is 1420. The number of anilines is 2. The van der Waals surface area contributed by atoms with Gasteiger partial charge in [-0.05, 0) is 59.0 Å². The summed E-state index contributed by atoms with van der Waals surface area (Å²) in [6, 6.07) is 16.6. The van der Waals surface area contributed by atoms with Crippen molar-refractivity contribution < 1.29 is 18.8 Å². The average Bonchev–Trinajstić information content (AvgIpc) is 3.57. The van der Waals surface area contributed by atoms with E-state index >= 15 is 0 Å². The van der Waals surface area contributed by atoms with Crippen molar-refractivity contribution in [3.63, 3.8) is 0 Å². The lowest BCUT2D eigenvalue weighted by Crippen LogP contribution is -2.38. The first-order valence-electron chi connectivity index (χ1n) is 13.1. The third-order valence-electron chi connectivity index (χ3n) is 6.38. The number of hydrogen-bond donors (Lipinski definition) is 2. The number of amides is 2. The zero-order chi connectivity index (χ0) is 28.1. The van der Waals surface area contributed by atoms with Crippen LogP contribution in [0.1, 0.15) is 26.5 Å². The number of aromatic nitrogens is 4. The molecule has 210 valence electrons. The fraction of sp³-hybridized carbons (Fsp3) is 0.357. The number of nitrogens with one attached hydrogen (secondary N) is 2. The Morgan fingerprint density at radius 2 is 1.77 bits per heavy atom. The molecule has 1 fully saturated rings. The molecule has 0 atom stereocenters. The first kappa shape index (κ1) is 28.1. The van der Waals surface area contributed by atoms with Gasteiger partial charge in [0.25, 0.3) is 0 Å². The number of ether oxygens (including phenoxy) is 2. The van der Waals surface area contributed by atoms with Crippen LogP contribution in [0.3, 0.4) is 0 Å². The lowest BCUT2D eigenvalue weighted by Gasteiger charge is -2.26. The molecule has 0 spiro atoms. The maximum absolute atomic E-state index is 12.4. The smallest absolute Gasteiger partial charge is 0.324 e. The predicted octanol–water partition coefficient (Wildman–Crippen LogP) is 5.18. The average molecular weight is 658 g/mol. The molecule has 40 heavy (non-hydrogen) atoms. The van der Waals surface area contributed by atoms with E-state index in [-0.39, 0.29) is 5.41 Å². The molecule has 0 radical (unpaired) electrons. The van der Waals surface area contributed by atoms with Crippen LogP contribution in [-0.4, -0.2) is 70.5 Å². The van der Waals surface area contributed by atoms with Gasteiger partial charge < -0.3 is 19.3 Å². The van der Waals surface area contributed by atoms with Crippen LogP contribution >= 0.6 is 22.6 Å². The molecule has 1 saturated heterocycles. The van der Waals surface area contributed by atoms with E-state index in [1.54, 1.807) is 10.7 Å². The van der Waals surface area contributed by atoms with Crippen molar-refractivity contribution >= 4 is 40.1 Å². The van der Waals surface area contributed by atoms with Crippen LogP contribution in [0, 0.1) is 3.70 Å². The fourth-order valence-corrected chi connectivity index (χ4v) is 4.88. The molecule has 5 rings (SSSR count). The summed E-state index contributed by atoms with van der Waals surface area (Å²) in [5.74, 6) is 1.87. The van der Waals surface area contributed by atoms with Crippen LogP contribution in [0.5, 0.6) is 5.75 Å². The van der Waals surface area contributed by atoms with Gasteiger partial charge in [0.2, 0.25) is 0 Å². The van der Waals surface area contributed by atoms with Gasteiger partial charge in [0.1, 0.15) is 27.5 Å². The highest BCUT2D eigenvalue weighted by molar-refractivity contribution is 14.1. The summed E-state index contributed by atoms with van der Waals surface area (Å²) in [7, 11) is 0. The lowest BCUT2D eigenvalue weighted by atomic mass is 9.93. The number of benzene rings is 2. The van der Waals surface area contributed by atoms with Crippen molar-refractivity contribution in [2.45, 2.75) is 26.2 Å². The minimum absolute atomic E-state index is 0.195. The molecule has 2 aromatic heterocycles. The molecular formula is C28H32IN7O4. The fourth-order valence-electron chi connectivity index (χ4n) is 4.09. The second-order valence-electron chi connectivity index (χ2n) is 10.4. The third kappa shape index (κ3) is 6.98. The second-order valence-corrected chi connectivity index (χ2v) is 11.4. The highest BCUT2D eigenvalue weighted by Gasteiger charge is 2.20. The molecule has 0 bridgehead atoms. The van der Waals surface area contributed by atoms with Crippen molar-refractivity contribution in [1.29, 1.82) is 0 Å². The zero-order valence-corrected chi connectivity index (χ0v) is 24.8. The maximum Gasteiger partial charge on any atom is 0.324 e. The first-order valence-corrected chi connectivity index (χ1v) is 14.1. The van der Waals surface area contributed by atoms with E-state index in [4.69, 9.17) is 14.0 Å². The van der Waals surface area contributed by atoms with Gasteiger partial charge in [-0.1, -0.05) is 43.3 Å². The van der Waals surface area contributed by atoms with Crippen LogP contribution < -0.4 is 15.4 Å². The van der Waals surface area contributed by atoms with E-state index in [2.05, 4.69) is 53.6 Å². The highest BCUT2D eigenvalue weighted by atomic mass is 127. The molecule has 3 heterocycles. The molecule has 2 aromatic carbocycles. The first-order chi connectivity index (χ1) is 19.3. The minimum atomic E-state index is -0.407. The van der Waals surface area contributed by atoms with E-state index in [9.17, 15) is 4.79 Å². The molecule has 0 aliphatic carbocycles. The number of rotatable bonds is 8. The van der Waals surface area contributed by atoms with Crippen LogP contribution in [-0.2, 0) is 10.2 Å². The molecule has 12 heteroatoms. The number of carbonyl (C=O) groups excluding carboxylic acids is 1. The minimum Gasteiger partial charge on any atom is -0.492 e. The molecule has 11 nitrogen and oxygen atoms in total. The van der Waals surface area contributed by atoms with E-state index < -0.39 is 6.03 Å². The summed E-state index contributed by atoms with van der Waals surface area (Å²) in [6.07, 6.45) is 0. The molecule has 4 aromatic rings. The van der Waals surface area contributed by atoms with Gasteiger partial charge in [0.15, 0.2) is 5.82 Å². The maximum atomic E-state index is 12.4. The predicted molar refractivity (Wildman–Crippen MR) is 160 cm³/mol. The van der Waals surface area contributed by atoms with Gasteiger partial charge in [-0.25, -0.2) is 9.48 Å². The molecule has 2 N–H and O–H groups in total. The summed E-state index contributed by atoms with van der Waals surface area (Å²) in [4.78, 5) is 14.8. The van der Waals surface area contributed by atoms with Gasteiger partial charge >= 0.3 is 6.03 Å². The number of nitrogens with zero attached hydrogens (tertiary/aromatic N) is 5. The Morgan fingerprint density at radius 1 is 1.05 bits per heavy atom. The van der Waals surface area contributed by atoms with Crippen molar-refractivity contribution in [2.24, 2.45) is 0 Å². The van der Waals surface area contributed by atoms with E-state index in [0.29, 0.717) is 23.9 Å². The quantitative estimate of drug-likeness (QED) is 0.249. The van der Waals surface area contributed by atoms with Crippen LogP contribution in [0.25, 0.3) is 16.9 Å². The zero-order valence-electron chi connectivity index (χ0n) is 22.7. The number of carbonyl (C=O) groups is 1. The lowest BCUT2D eigenvalue weighted by molar-refractivity contribution is 0.0322. The standard InChI is InChI=1S/C28H32IN7O4/c1-28(2,3)23-18-24(33-40-23)31-27(37)30-20-6-4-19(5-7-20)25-26(29)36(34-32-25)21-8-10-22(11-9-21)39-17-14-35-12-15-38-16-13-35/h4-11,18H,12-17H2,1-3H3,(H2,30,31,33,37). The number of morpholine rings is 1. The second kappa shape index (κ2) is 12.4. The topological polar surface area (TPSA) is 120 Å². The van der Waals surface area contributed by atoms with Crippen LogP contribution in [0.15, 0.2) is 59.1 Å². The Hall–Kier alpha value is -3.49. The molecule has 0 saturated carbocycles. The number of hydrogen-bond acceptors (Lipinski definition) is 8. The van der Waals surface area contributed by atoms with Crippen LogP contribution in [0.4, 0.5) is 16.3 Å². The van der Waals surface area contributed by atoms with Gasteiger partial charge in [-0.2, -0.15) is 0 Å². The normalized spacial score (nSPS) is 14.2.